The van der Waals surface area contributed by atoms with Gasteiger partial charge in [0.25, 0.3) is 0 Å². The summed E-state index contributed by atoms with van der Waals surface area (Å²) in [4.78, 5) is 0. The van der Waals surface area contributed by atoms with Crippen LogP contribution in [0, 0.1) is 28.6 Å². The monoisotopic (exact) mass is 352 g/mol. The van der Waals surface area contributed by atoms with Crippen molar-refractivity contribution in [2.24, 2.45) is 28.6 Å². The SMILES string of the molecule is C=C1[C@@H]2CC[C@@H]3C(O)[C@@]2(C[C@@H](O)[C@@]2(O)[C@H]1C[C@H](O)C2(C)C)C[C@@]3(C)O. The molecule has 4 aliphatic rings. The highest BCUT2D eigenvalue weighted by Crippen LogP contribution is 2.68. The fourth-order valence-corrected chi connectivity index (χ4v) is 7.23. The molecule has 0 aromatic heterocycles. The van der Waals surface area contributed by atoms with Crippen LogP contribution in [0.4, 0.5) is 0 Å². The van der Waals surface area contributed by atoms with Crippen LogP contribution < -0.4 is 0 Å². The summed E-state index contributed by atoms with van der Waals surface area (Å²) in [7, 11) is 0. The van der Waals surface area contributed by atoms with E-state index in [1.165, 1.54) is 0 Å². The molecule has 0 aliphatic heterocycles. The number of aliphatic hydroxyl groups is 5. The Hall–Kier alpha value is -0.460. The van der Waals surface area contributed by atoms with Crippen molar-refractivity contribution >= 4 is 0 Å². The minimum absolute atomic E-state index is 0.0532. The molecule has 25 heavy (non-hydrogen) atoms. The molecule has 4 saturated carbocycles. The van der Waals surface area contributed by atoms with Gasteiger partial charge in [0, 0.05) is 22.7 Å². The predicted octanol–water partition coefficient (Wildman–Crippen LogP) is 0.974. The Morgan fingerprint density at radius 1 is 0.960 bits per heavy atom. The fraction of sp³-hybridized carbons (Fsp3) is 0.900. The molecule has 0 aromatic carbocycles. The second-order valence-electron chi connectivity index (χ2n) is 10.1. The molecule has 5 nitrogen and oxygen atoms in total. The summed E-state index contributed by atoms with van der Waals surface area (Å²) < 4.78 is 0. The summed E-state index contributed by atoms with van der Waals surface area (Å²) in [6.07, 6.45) is 0.0421. The van der Waals surface area contributed by atoms with Crippen LogP contribution in [0.3, 0.4) is 0 Å². The van der Waals surface area contributed by atoms with E-state index in [9.17, 15) is 25.5 Å². The molecule has 0 saturated heterocycles. The molecule has 142 valence electrons. The second kappa shape index (κ2) is 4.87. The minimum atomic E-state index is -1.47. The van der Waals surface area contributed by atoms with Gasteiger partial charge in [0.1, 0.15) is 5.60 Å². The largest absolute Gasteiger partial charge is 0.392 e. The summed E-state index contributed by atoms with van der Waals surface area (Å²) in [6, 6.07) is 0. The van der Waals surface area contributed by atoms with Gasteiger partial charge >= 0.3 is 0 Å². The molecule has 4 fully saturated rings. The molecule has 2 bridgehead atoms. The van der Waals surface area contributed by atoms with Crippen LogP contribution >= 0.6 is 0 Å². The van der Waals surface area contributed by atoms with Crippen molar-refractivity contribution in [3.8, 4) is 0 Å². The van der Waals surface area contributed by atoms with Crippen LogP contribution in [0.5, 0.6) is 0 Å². The number of fused-ring (bicyclic) bond motifs is 2. The first-order valence-corrected chi connectivity index (χ1v) is 9.57. The Morgan fingerprint density at radius 2 is 1.60 bits per heavy atom. The quantitative estimate of drug-likeness (QED) is 0.418. The molecule has 1 unspecified atom stereocenters. The van der Waals surface area contributed by atoms with Gasteiger partial charge in [-0.25, -0.2) is 0 Å². The first-order valence-electron chi connectivity index (χ1n) is 9.57. The van der Waals surface area contributed by atoms with E-state index in [0.717, 1.165) is 12.0 Å². The van der Waals surface area contributed by atoms with Crippen molar-refractivity contribution < 1.29 is 25.5 Å². The molecule has 5 heteroatoms. The second-order valence-corrected chi connectivity index (χ2v) is 10.1. The van der Waals surface area contributed by atoms with E-state index in [0.29, 0.717) is 19.3 Å². The van der Waals surface area contributed by atoms with Crippen molar-refractivity contribution in [3.05, 3.63) is 12.2 Å². The van der Waals surface area contributed by atoms with Crippen molar-refractivity contribution in [1.29, 1.82) is 0 Å². The molecule has 0 amide bonds. The molecular weight excluding hydrogens is 320 g/mol. The summed E-state index contributed by atoms with van der Waals surface area (Å²) in [6.45, 7) is 9.67. The van der Waals surface area contributed by atoms with Gasteiger partial charge in [-0.05, 0) is 44.9 Å². The van der Waals surface area contributed by atoms with Crippen molar-refractivity contribution in [1.82, 2.24) is 0 Å². The smallest absolute Gasteiger partial charge is 0.105 e. The van der Waals surface area contributed by atoms with Gasteiger partial charge < -0.3 is 25.5 Å². The Balaban J connectivity index is 1.85. The van der Waals surface area contributed by atoms with E-state index in [-0.39, 0.29) is 18.3 Å². The lowest BCUT2D eigenvalue weighted by atomic mass is 9.61. The van der Waals surface area contributed by atoms with E-state index in [4.69, 9.17) is 0 Å². The number of hydrogen-bond donors (Lipinski definition) is 5. The van der Waals surface area contributed by atoms with Gasteiger partial charge in [-0.2, -0.15) is 0 Å². The third-order valence-electron chi connectivity index (χ3n) is 8.75. The van der Waals surface area contributed by atoms with E-state index in [2.05, 4.69) is 6.58 Å². The lowest BCUT2D eigenvalue weighted by Crippen LogP contribution is -2.57. The maximum atomic E-state index is 11.6. The van der Waals surface area contributed by atoms with Gasteiger partial charge in [-0.3, -0.25) is 0 Å². The van der Waals surface area contributed by atoms with Crippen LogP contribution in [0.1, 0.15) is 52.9 Å². The third kappa shape index (κ3) is 1.86. The van der Waals surface area contributed by atoms with Crippen LogP contribution in [-0.4, -0.2) is 55.0 Å². The highest BCUT2D eigenvalue weighted by Gasteiger charge is 2.72. The summed E-state index contributed by atoms with van der Waals surface area (Å²) in [5.41, 5.74) is -3.12. The fourth-order valence-electron chi connectivity index (χ4n) is 7.23. The Labute approximate surface area is 149 Å². The van der Waals surface area contributed by atoms with Gasteiger partial charge in [0.2, 0.25) is 0 Å². The first-order chi connectivity index (χ1) is 11.4. The number of aliphatic hydroxyl groups excluding tert-OH is 3. The maximum absolute atomic E-state index is 11.6. The average Bonchev–Trinajstić information content (AvgIpc) is 2.71. The highest BCUT2D eigenvalue weighted by molar-refractivity contribution is 5.31. The normalized spacial score (nSPS) is 60.1. The van der Waals surface area contributed by atoms with E-state index in [1.807, 2.05) is 0 Å². The standard InChI is InChI=1S/C20H32O5/c1-10-11-5-6-12-16(23)19(11,9-18(12,4)24)8-15(22)20(25)13(10)7-14(21)17(20,2)3/h11-16,21-25H,1,5-9H2,2-4H3/t11-,12+,13-,14-,15+,16?,18+,19-,20-/m0/s1. The number of hydrogen-bond acceptors (Lipinski definition) is 5. The van der Waals surface area contributed by atoms with Crippen molar-refractivity contribution in [3.63, 3.8) is 0 Å². The Morgan fingerprint density at radius 3 is 2.24 bits per heavy atom. The highest BCUT2D eigenvalue weighted by atomic mass is 16.4. The zero-order chi connectivity index (χ0) is 18.6. The Bertz CT molecular complexity index is 613. The third-order valence-corrected chi connectivity index (χ3v) is 8.75. The molecule has 0 heterocycles. The first kappa shape index (κ1) is 17.9. The molecular formula is C20H32O5. The molecule has 0 aromatic rings. The van der Waals surface area contributed by atoms with E-state index in [1.54, 1.807) is 20.8 Å². The lowest BCUT2D eigenvalue weighted by Gasteiger charge is -2.46. The molecule has 4 rings (SSSR count). The van der Waals surface area contributed by atoms with Crippen molar-refractivity contribution in [2.45, 2.75) is 82.4 Å². The number of rotatable bonds is 0. The molecule has 1 spiro atoms. The van der Waals surface area contributed by atoms with Crippen LogP contribution in [-0.2, 0) is 0 Å². The summed E-state index contributed by atoms with van der Waals surface area (Å²) in [5.74, 6) is -0.649. The van der Waals surface area contributed by atoms with Crippen LogP contribution in [0.15, 0.2) is 12.2 Å². The average molecular weight is 352 g/mol. The maximum Gasteiger partial charge on any atom is 0.105 e. The Kier molecular flexibility index (Phi) is 3.49. The minimum Gasteiger partial charge on any atom is -0.392 e. The predicted molar refractivity (Wildman–Crippen MR) is 92.5 cm³/mol. The van der Waals surface area contributed by atoms with Gasteiger partial charge in [-0.15, -0.1) is 0 Å². The van der Waals surface area contributed by atoms with Gasteiger partial charge in [-0.1, -0.05) is 26.0 Å². The topological polar surface area (TPSA) is 101 Å². The van der Waals surface area contributed by atoms with Crippen LogP contribution in [0.25, 0.3) is 0 Å². The molecule has 4 aliphatic carbocycles. The van der Waals surface area contributed by atoms with Gasteiger partial charge in [0.05, 0.1) is 23.9 Å². The van der Waals surface area contributed by atoms with E-state index >= 15 is 0 Å². The van der Waals surface area contributed by atoms with E-state index < -0.39 is 46.3 Å². The van der Waals surface area contributed by atoms with Gasteiger partial charge in [0.15, 0.2) is 0 Å². The van der Waals surface area contributed by atoms with Crippen molar-refractivity contribution in [2.75, 3.05) is 0 Å². The zero-order valence-electron chi connectivity index (χ0n) is 15.4. The molecule has 0 radical (unpaired) electrons. The molecule has 9 atom stereocenters. The summed E-state index contributed by atoms with van der Waals surface area (Å²) in [5, 5.41) is 55.2. The summed E-state index contributed by atoms with van der Waals surface area (Å²) >= 11 is 0. The van der Waals surface area contributed by atoms with Crippen LogP contribution in [0.2, 0.25) is 0 Å². The zero-order valence-corrected chi connectivity index (χ0v) is 15.4. The lowest BCUT2D eigenvalue weighted by molar-refractivity contribution is -0.174. The molecule has 5 N–H and O–H groups in total.